The highest BCUT2D eigenvalue weighted by molar-refractivity contribution is 5.29. The molecular formula is C14H18FNO. The van der Waals surface area contributed by atoms with E-state index in [0.717, 1.165) is 17.7 Å². The average Bonchev–Trinajstić information content (AvgIpc) is 3.11. The molecule has 1 saturated carbocycles. The lowest BCUT2D eigenvalue weighted by Crippen LogP contribution is -2.21. The Bertz CT molecular complexity index is 413. The average molecular weight is 235 g/mol. The zero-order chi connectivity index (χ0) is 12.3. The van der Waals surface area contributed by atoms with Crippen LogP contribution in [0.15, 0.2) is 30.4 Å². The van der Waals surface area contributed by atoms with Crippen LogP contribution in [-0.4, -0.2) is 19.2 Å². The third-order valence-electron chi connectivity index (χ3n) is 2.74. The van der Waals surface area contributed by atoms with E-state index in [1.165, 1.54) is 18.9 Å². The lowest BCUT2D eigenvalue weighted by Gasteiger charge is -2.10. The zero-order valence-corrected chi connectivity index (χ0v) is 10.1. The highest BCUT2D eigenvalue weighted by Crippen LogP contribution is 2.20. The lowest BCUT2D eigenvalue weighted by atomic mass is 10.2. The van der Waals surface area contributed by atoms with Gasteiger partial charge < -0.3 is 10.1 Å². The standard InChI is InChI=1S/C14H18FNO/c1-10-3-6-13(15)14(7-10)17-9-11(2)8-16-12-4-5-12/h3,6-7,12,16H,2,4-5,8-9H2,1H3. The van der Waals surface area contributed by atoms with E-state index in [1.807, 2.05) is 6.92 Å². The number of ether oxygens (including phenoxy) is 1. The number of benzene rings is 1. The van der Waals surface area contributed by atoms with Gasteiger partial charge in [-0.15, -0.1) is 0 Å². The number of rotatable bonds is 6. The molecule has 0 atom stereocenters. The van der Waals surface area contributed by atoms with Gasteiger partial charge in [0.2, 0.25) is 0 Å². The van der Waals surface area contributed by atoms with Gasteiger partial charge in [0.1, 0.15) is 6.61 Å². The Kier molecular flexibility index (Phi) is 3.79. The SMILES string of the molecule is C=C(CNC1CC1)COc1cc(C)ccc1F. The van der Waals surface area contributed by atoms with Crippen molar-refractivity contribution < 1.29 is 9.13 Å². The summed E-state index contributed by atoms with van der Waals surface area (Å²) in [6.07, 6.45) is 2.50. The van der Waals surface area contributed by atoms with Gasteiger partial charge in [-0.2, -0.15) is 0 Å². The topological polar surface area (TPSA) is 21.3 Å². The van der Waals surface area contributed by atoms with Gasteiger partial charge in [0.05, 0.1) is 0 Å². The highest BCUT2D eigenvalue weighted by Gasteiger charge is 2.20. The number of nitrogens with one attached hydrogen (secondary N) is 1. The monoisotopic (exact) mass is 235 g/mol. The van der Waals surface area contributed by atoms with Gasteiger partial charge in [0.15, 0.2) is 11.6 Å². The summed E-state index contributed by atoms with van der Waals surface area (Å²) in [7, 11) is 0. The molecule has 92 valence electrons. The van der Waals surface area contributed by atoms with Crippen LogP contribution in [-0.2, 0) is 0 Å². The molecule has 0 spiro atoms. The normalized spacial score (nSPS) is 14.7. The number of aryl methyl sites for hydroxylation is 1. The maximum absolute atomic E-state index is 13.4. The molecule has 1 fully saturated rings. The number of hydrogen-bond donors (Lipinski definition) is 1. The van der Waals surface area contributed by atoms with E-state index in [4.69, 9.17) is 4.74 Å². The van der Waals surface area contributed by atoms with E-state index >= 15 is 0 Å². The number of hydrogen-bond acceptors (Lipinski definition) is 2. The van der Waals surface area contributed by atoms with E-state index in [9.17, 15) is 4.39 Å². The number of halogens is 1. The van der Waals surface area contributed by atoms with E-state index in [-0.39, 0.29) is 5.82 Å². The van der Waals surface area contributed by atoms with E-state index in [2.05, 4.69) is 11.9 Å². The molecule has 1 aliphatic carbocycles. The Labute approximate surface area is 101 Å². The van der Waals surface area contributed by atoms with Crippen LogP contribution in [0.5, 0.6) is 5.75 Å². The second kappa shape index (κ2) is 5.32. The van der Waals surface area contributed by atoms with Crippen molar-refractivity contribution in [2.24, 2.45) is 0 Å². The molecule has 0 aliphatic heterocycles. The fraction of sp³-hybridized carbons (Fsp3) is 0.429. The Morgan fingerprint density at radius 2 is 2.29 bits per heavy atom. The van der Waals surface area contributed by atoms with Crippen molar-refractivity contribution in [3.63, 3.8) is 0 Å². The van der Waals surface area contributed by atoms with Crippen molar-refractivity contribution in [3.05, 3.63) is 41.7 Å². The van der Waals surface area contributed by atoms with Crippen molar-refractivity contribution >= 4 is 0 Å². The molecule has 1 aromatic rings. The second-order valence-corrected chi connectivity index (χ2v) is 4.63. The molecule has 1 N–H and O–H groups in total. The molecule has 0 saturated heterocycles. The Hall–Kier alpha value is -1.35. The zero-order valence-electron chi connectivity index (χ0n) is 10.1. The van der Waals surface area contributed by atoms with E-state index < -0.39 is 0 Å². The van der Waals surface area contributed by atoms with Crippen LogP contribution in [0.3, 0.4) is 0 Å². The summed E-state index contributed by atoms with van der Waals surface area (Å²) in [6, 6.07) is 5.51. The molecular weight excluding hydrogens is 217 g/mol. The highest BCUT2D eigenvalue weighted by atomic mass is 19.1. The van der Waals surface area contributed by atoms with Crippen LogP contribution in [0.4, 0.5) is 4.39 Å². The molecule has 0 unspecified atom stereocenters. The molecule has 0 radical (unpaired) electrons. The van der Waals surface area contributed by atoms with Crippen LogP contribution < -0.4 is 10.1 Å². The summed E-state index contributed by atoms with van der Waals surface area (Å²) in [4.78, 5) is 0. The Morgan fingerprint density at radius 1 is 1.53 bits per heavy atom. The first-order chi connectivity index (χ1) is 8.15. The van der Waals surface area contributed by atoms with Crippen molar-refractivity contribution in [1.82, 2.24) is 5.32 Å². The van der Waals surface area contributed by atoms with Crippen molar-refractivity contribution in [2.45, 2.75) is 25.8 Å². The summed E-state index contributed by atoms with van der Waals surface area (Å²) < 4.78 is 18.8. The fourth-order valence-electron chi connectivity index (χ4n) is 1.53. The first-order valence-electron chi connectivity index (χ1n) is 5.94. The van der Waals surface area contributed by atoms with Crippen LogP contribution in [0.1, 0.15) is 18.4 Å². The molecule has 1 aromatic carbocycles. The minimum absolute atomic E-state index is 0.303. The first kappa shape index (κ1) is 12.1. The Balaban J connectivity index is 1.79. The quantitative estimate of drug-likeness (QED) is 0.765. The summed E-state index contributed by atoms with van der Waals surface area (Å²) in [5.74, 6) is -0.0175. The fourth-order valence-corrected chi connectivity index (χ4v) is 1.53. The largest absolute Gasteiger partial charge is 0.486 e. The summed E-state index contributed by atoms with van der Waals surface area (Å²) in [6.45, 7) is 6.93. The van der Waals surface area contributed by atoms with Gasteiger partial charge in [-0.1, -0.05) is 12.6 Å². The molecule has 3 heteroatoms. The first-order valence-corrected chi connectivity index (χ1v) is 5.94. The lowest BCUT2D eigenvalue weighted by molar-refractivity contribution is 0.329. The van der Waals surface area contributed by atoms with E-state index in [0.29, 0.717) is 18.4 Å². The van der Waals surface area contributed by atoms with Crippen molar-refractivity contribution in [3.8, 4) is 5.75 Å². The van der Waals surface area contributed by atoms with Crippen LogP contribution in [0.2, 0.25) is 0 Å². The molecule has 17 heavy (non-hydrogen) atoms. The summed E-state index contributed by atoms with van der Waals surface area (Å²) in [5.41, 5.74) is 1.93. The molecule has 1 aliphatic rings. The minimum atomic E-state index is -0.321. The maximum atomic E-state index is 13.4. The predicted octanol–water partition coefficient (Wildman–Crippen LogP) is 2.82. The predicted molar refractivity (Wildman–Crippen MR) is 66.8 cm³/mol. The maximum Gasteiger partial charge on any atom is 0.165 e. The third kappa shape index (κ3) is 3.86. The second-order valence-electron chi connectivity index (χ2n) is 4.63. The molecule has 0 amide bonds. The van der Waals surface area contributed by atoms with Gasteiger partial charge in [0.25, 0.3) is 0 Å². The summed E-state index contributed by atoms with van der Waals surface area (Å²) >= 11 is 0. The molecule has 2 rings (SSSR count). The van der Waals surface area contributed by atoms with Gasteiger partial charge in [0, 0.05) is 12.6 Å². The van der Waals surface area contributed by atoms with Crippen molar-refractivity contribution in [2.75, 3.05) is 13.2 Å². The Morgan fingerprint density at radius 3 is 3.00 bits per heavy atom. The van der Waals surface area contributed by atoms with Crippen LogP contribution in [0, 0.1) is 12.7 Å². The summed E-state index contributed by atoms with van der Waals surface area (Å²) in [5, 5.41) is 3.35. The van der Waals surface area contributed by atoms with Crippen LogP contribution >= 0.6 is 0 Å². The molecule has 0 aromatic heterocycles. The van der Waals surface area contributed by atoms with Gasteiger partial charge in [-0.05, 0) is 43.0 Å². The third-order valence-corrected chi connectivity index (χ3v) is 2.74. The van der Waals surface area contributed by atoms with Crippen molar-refractivity contribution in [1.29, 1.82) is 0 Å². The van der Waals surface area contributed by atoms with Gasteiger partial charge in [-0.3, -0.25) is 0 Å². The van der Waals surface area contributed by atoms with E-state index in [1.54, 1.807) is 12.1 Å². The van der Waals surface area contributed by atoms with Crippen LogP contribution in [0.25, 0.3) is 0 Å². The molecule has 0 heterocycles. The molecule has 0 bridgehead atoms. The van der Waals surface area contributed by atoms with Gasteiger partial charge >= 0.3 is 0 Å². The molecule has 2 nitrogen and oxygen atoms in total. The minimum Gasteiger partial charge on any atom is -0.486 e. The smallest absolute Gasteiger partial charge is 0.165 e. The van der Waals surface area contributed by atoms with Gasteiger partial charge in [-0.25, -0.2) is 4.39 Å².